The lowest BCUT2D eigenvalue weighted by molar-refractivity contribution is -0.138. The van der Waals surface area contributed by atoms with E-state index in [9.17, 15) is 9.59 Å². The Kier molecular flexibility index (Phi) is 6.65. The summed E-state index contributed by atoms with van der Waals surface area (Å²) in [7, 11) is 1.78. The van der Waals surface area contributed by atoms with Crippen molar-refractivity contribution in [1.29, 1.82) is 0 Å². The van der Waals surface area contributed by atoms with Crippen LogP contribution in [0.5, 0.6) is 0 Å². The number of carboxylic acids is 1. The first-order valence-corrected chi connectivity index (χ1v) is 8.55. The van der Waals surface area contributed by atoms with E-state index >= 15 is 0 Å². The first-order chi connectivity index (χ1) is 9.40. The molecule has 0 aromatic heterocycles. The highest BCUT2D eigenvalue weighted by molar-refractivity contribution is 7.98. The van der Waals surface area contributed by atoms with Crippen molar-refractivity contribution >= 4 is 23.8 Å². The minimum atomic E-state index is -0.842. The van der Waals surface area contributed by atoms with Crippen LogP contribution >= 0.6 is 11.8 Å². The highest BCUT2D eigenvalue weighted by Crippen LogP contribution is 2.32. The number of thioether (sulfide) groups is 1. The molecule has 1 rings (SSSR count). The van der Waals surface area contributed by atoms with Crippen molar-refractivity contribution in [3.05, 3.63) is 0 Å². The molecule has 0 heterocycles. The highest BCUT2D eigenvalue weighted by Gasteiger charge is 2.38. The minimum absolute atomic E-state index is 0.0196. The summed E-state index contributed by atoms with van der Waals surface area (Å²) in [6, 6.07) is 0.00693. The summed E-state index contributed by atoms with van der Waals surface area (Å²) in [5, 5.41) is 12.0. The van der Waals surface area contributed by atoms with E-state index in [1.54, 1.807) is 23.7 Å². The average molecular weight is 302 g/mol. The van der Waals surface area contributed by atoms with Gasteiger partial charge in [-0.05, 0) is 38.2 Å². The summed E-state index contributed by atoms with van der Waals surface area (Å²) in [6.45, 7) is 2.02. The number of carboxylic acid groups (broad SMARTS) is 1. The summed E-state index contributed by atoms with van der Waals surface area (Å²) in [5.74, 6) is 0.171. The van der Waals surface area contributed by atoms with E-state index < -0.39 is 11.5 Å². The van der Waals surface area contributed by atoms with Gasteiger partial charge in [-0.15, -0.1) is 0 Å². The van der Waals surface area contributed by atoms with Gasteiger partial charge in [0.05, 0.1) is 12.0 Å². The Morgan fingerprint density at radius 2 is 2.00 bits per heavy atom. The SMILES string of the molecule is CSCCC(C)N(C)C(=O)NC1(CC(=O)O)CCCC1. The van der Waals surface area contributed by atoms with Crippen LogP contribution in [-0.4, -0.2) is 52.6 Å². The van der Waals surface area contributed by atoms with Crippen molar-refractivity contribution in [2.75, 3.05) is 19.1 Å². The molecule has 2 amide bonds. The number of aliphatic carboxylic acids is 1. The number of hydrogen-bond acceptors (Lipinski definition) is 3. The molecule has 0 aromatic rings. The number of urea groups is 1. The van der Waals surface area contributed by atoms with E-state index in [-0.39, 0.29) is 18.5 Å². The van der Waals surface area contributed by atoms with Crippen LogP contribution in [0, 0.1) is 0 Å². The lowest BCUT2D eigenvalue weighted by atomic mass is 9.93. The molecule has 0 saturated heterocycles. The van der Waals surface area contributed by atoms with Crippen LogP contribution in [0.2, 0.25) is 0 Å². The molecule has 1 atom stereocenters. The number of nitrogens with zero attached hydrogens (tertiary/aromatic N) is 1. The van der Waals surface area contributed by atoms with Crippen LogP contribution in [0.3, 0.4) is 0 Å². The van der Waals surface area contributed by atoms with Crippen LogP contribution in [0.1, 0.15) is 45.4 Å². The maximum atomic E-state index is 12.3. The number of amides is 2. The zero-order valence-corrected chi connectivity index (χ0v) is 13.5. The molecule has 0 radical (unpaired) electrons. The van der Waals surface area contributed by atoms with Crippen molar-refractivity contribution in [2.24, 2.45) is 0 Å². The van der Waals surface area contributed by atoms with Gasteiger partial charge in [-0.1, -0.05) is 12.8 Å². The first-order valence-electron chi connectivity index (χ1n) is 7.16. The van der Waals surface area contributed by atoms with Crippen LogP contribution in [0.4, 0.5) is 4.79 Å². The van der Waals surface area contributed by atoms with Crippen LogP contribution < -0.4 is 5.32 Å². The summed E-state index contributed by atoms with van der Waals surface area (Å²) >= 11 is 1.76. The summed E-state index contributed by atoms with van der Waals surface area (Å²) in [5.41, 5.74) is -0.545. The van der Waals surface area contributed by atoms with E-state index in [1.807, 2.05) is 13.2 Å². The molecule has 0 bridgehead atoms. The third-order valence-corrected chi connectivity index (χ3v) is 4.79. The summed E-state index contributed by atoms with van der Waals surface area (Å²) < 4.78 is 0. The maximum absolute atomic E-state index is 12.3. The molecule has 0 aliphatic heterocycles. The average Bonchev–Trinajstić information content (AvgIpc) is 2.82. The molecule has 6 heteroatoms. The maximum Gasteiger partial charge on any atom is 0.317 e. The molecule has 1 aliphatic rings. The fraction of sp³-hybridized carbons (Fsp3) is 0.857. The number of hydrogen-bond donors (Lipinski definition) is 2. The van der Waals surface area contributed by atoms with Crippen molar-refractivity contribution in [3.63, 3.8) is 0 Å². The Labute approximate surface area is 125 Å². The Morgan fingerprint density at radius 1 is 1.40 bits per heavy atom. The van der Waals surface area contributed by atoms with Gasteiger partial charge in [0.1, 0.15) is 0 Å². The summed E-state index contributed by atoms with van der Waals surface area (Å²) in [4.78, 5) is 25.0. The molecule has 20 heavy (non-hydrogen) atoms. The van der Waals surface area contributed by atoms with Crippen LogP contribution in [0.25, 0.3) is 0 Å². The van der Waals surface area contributed by atoms with Gasteiger partial charge in [0.15, 0.2) is 0 Å². The second-order valence-corrected chi connectivity index (χ2v) is 6.72. The quantitative estimate of drug-likeness (QED) is 0.758. The van der Waals surface area contributed by atoms with Gasteiger partial charge < -0.3 is 15.3 Å². The van der Waals surface area contributed by atoms with E-state index in [4.69, 9.17) is 5.11 Å². The molecule has 1 saturated carbocycles. The molecule has 1 aliphatic carbocycles. The van der Waals surface area contributed by atoms with Gasteiger partial charge in [-0.3, -0.25) is 4.79 Å². The predicted octanol–water partition coefficient (Wildman–Crippen LogP) is 2.56. The van der Waals surface area contributed by atoms with Gasteiger partial charge in [0.2, 0.25) is 0 Å². The lowest BCUT2D eigenvalue weighted by Crippen LogP contribution is -2.53. The monoisotopic (exact) mass is 302 g/mol. The third-order valence-electron chi connectivity index (χ3n) is 4.14. The normalized spacial score (nSPS) is 18.6. The molecular weight excluding hydrogens is 276 g/mol. The molecule has 0 aromatic carbocycles. The van der Waals surface area contributed by atoms with Crippen molar-refractivity contribution < 1.29 is 14.7 Å². The van der Waals surface area contributed by atoms with Gasteiger partial charge in [0.25, 0.3) is 0 Å². The van der Waals surface area contributed by atoms with Crippen LogP contribution in [0.15, 0.2) is 0 Å². The summed E-state index contributed by atoms with van der Waals surface area (Å²) in [6.07, 6.45) is 6.50. The molecule has 0 spiro atoms. The highest BCUT2D eigenvalue weighted by atomic mass is 32.2. The standard InChI is InChI=1S/C14H26N2O3S/c1-11(6-9-20-3)16(2)13(19)15-14(10-12(17)18)7-4-5-8-14/h11H,4-10H2,1-3H3,(H,15,19)(H,17,18). The van der Waals surface area contributed by atoms with E-state index in [0.717, 1.165) is 37.9 Å². The fourth-order valence-electron chi connectivity index (χ4n) is 2.68. The molecule has 1 fully saturated rings. The Morgan fingerprint density at radius 3 is 2.50 bits per heavy atom. The number of nitrogens with one attached hydrogen (secondary N) is 1. The van der Waals surface area contributed by atoms with Gasteiger partial charge >= 0.3 is 12.0 Å². The molecular formula is C14H26N2O3S. The van der Waals surface area contributed by atoms with Crippen LogP contribution in [-0.2, 0) is 4.79 Å². The number of rotatable bonds is 7. The van der Waals surface area contributed by atoms with Gasteiger partial charge in [-0.25, -0.2) is 4.79 Å². The van der Waals surface area contributed by atoms with Crippen molar-refractivity contribution in [1.82, 2.24) is 10.2 Å². The Hall–Kier alpha value is -0.910. The van der Waals surface area contributed by atoms with E-state index in [0.29, 0.717) is 0 Å². The predicted molar refractivity (Wildman–Crippen MR) is 82.2 cm³/mol. The molecule has 5 nitrogen and oxygen atoms in total. The van der Waals surface area contributed by atoms with Crippen molar-refractivity contribution in [3.8, 4) is 0 Å². The smallest absolute Gasteiger partial charge is 0.317 e. The first kappa shape index (κ1) is 17.1. The van der Waals surface area contributed by atoms with Crippen molar-refractivity contribution in [2.45, 2.75) is 57.0 Å². The molecule has 1 unspecified atom stereocenters. The largest absolute Gasteiger partial charge is 0.481 e. The fourth-order valence-corrected chi connectivity index (χ4v) is 3.26. The molecule has 2 N–H and O–H groups in total. The second kappa shape index (κ2) is 7.76. The zero-order chi connectivity index (χ0) is 15.2. The van der Waals surface area contributed by atoms with E-state index in [1.165, 1.54) is 0 Å². The minimum Gasteiger partial charge on any atom is -0.481 e. The Bertz CT molecular complexity index is 343. The van der Waals surface area contributed by atoms with E-state index in [2.05, 4.69) is 5.32 Å². The van der Waals surface area contributed by atoms with Gasteiger partial charge in [-0.2, -0.15) is 11.8 Å². The third kappa shape index (κ3) is 4.89. The second-order valence-electron chi connectivity index (χ2n) is 5.73. The zero-order valence-electron chi connectivity index (χ0n) is 12.6. The molecule has 116 valence electrons. The number of carbonyl (C=O) groups is 2. The van der Waals surface area contributed by atoms with Gasteiger partial charge in [0, 0.05) is 13.1 Å². The topological polar surface area (TPSA) is 69.6 Å². The number of carbonyl (C=O) groups excluding carboxylic acids is 1. The Balaban J connectivity index is 2.59. The lowest BCUT2D eigenvalue weighted by Gasteiger charge is -2.33.